The van der Waals surface area contributed by atoms with Crippen molar-refractivity contribution in [3.63, 3.8) is 0 Å². The maximum atomic E-state index is 5.69. The Hall–Kier alpha value is -2.14. The number of ether oxygens (including phenoxy) is 1. The van der Waals surface area contributed by atoms with Gasteiger partial charge in [-0.3, -0.25) is 4.98 Å². The van der Waals surface area contributed by atoms with Gasteiger partial charge in [0.1, 0.15) is 10.7 Å². The van der Waals surface area contributed by atoms with Crippen LogP contribution < -0.4 is 15.8 Å². The summed E-state index contributed by atoms with van der Waals surface area (Å²) >= 11 is 5.02. The standard InChI is InChI=1S/C14H15N3OS/c1-9-7-10(3-4-13(9)18-2)17-12-8-16-6-5-11(12)14(15)19/h3-8,17H,1-2H3,(H2,15,19). The van der Waals surface area contributed by atoms with E-state index < -0.39 is 0 Å². The molecule has 0 radical (unpaired) electrons. The number of anilines is 2. The lowest BCUT2D eigenvalue weighted by Crippen LogP contribution is -2.12. The van der Waals surface area contributed by atoms with Crippen molar-refractivity contribution < 1.29 is 4.74 Å². The predicted molar refractivity (Wildman–Crippen MR) is 81.1 cm³/mol. The second kappa shape index (κ2) is 5.67. The van der Waals surface area contributed by atoms with Crippen LogP contribution in [0.15, 0.2) is 36.7 Å². The lowest BCUT2D eigenvalue weighted by molar-refractivity contribution is 0.412. The fourth-order valence-corrected chi connectivity index (χ4v) is 2.00. The summed E-state index contributed by atoms with van der Waals surface area (Å²) in [6.45, 7) is 1.99. The van der Waals surface area contributed by atoms with Crippen LogP contribution in [0, 0.1) is 6.92 Å². The highest BCUT2D eigenvalue weighted by atomic mass is 32.1. The van der Waals surface area contributed by atoms with Crippen LogP contribution in [-0.4, -0.2) is 17.1 Å². The van der Waals surface area contributed by atoms with Crippen molar-refractivity contribution in [1.29, 1.82) is 0 Å². The van der Waals surface area contributed by atoms with Gasteiger partial charge in [-0.2, -0.15) is 0 Å². The molecule has 0 spiro atoms. The normalized spacial score (nSPS) is 10.0. The molecule has 0 fully saturated rings. The van der Waals surface area contributed by atoms with E-state index in [-0.39, 0.29) is 0 Å². The van der Waals surface area contributed by atoms with Crippen LogP contribution in [0.3, 0.4) is 0 Å². The fourth-order valence-electron chi connectivity index (χ4n) is 1.82. The largest absolute Gasteiger partial charge is 0.496 e. The molecule has 1 aromatic heterocycles. The van der Waals surface area contributed by atoms with Gasteiger partial charge in [0.05, 0.1) is 19.0 Å². The summed E-state index contributed by atoms with van der Waals surface area (Å²) in [7, 11) is 1.65. The molecular weight excluding hydrogens is 258 g/mol. The summed E-state index contributed by atoms with van der Waals surface area (Å²) in [6.07, 6.45) is 3.37. The van der Waals surface area contributed by atoms with Gasteiger partial charge in [0.25, 0.3) is 0 Å². The summed E-state index contributed by atoms with van der Waals surface area (Å²) in [5.41, 5.74) is 9.24. The van der Waals surface area contributed by atoms with E-state index in [1.165, 1.54) is 0 Å². The highest BCUT2D eigenvalue weighted by Crippen LogP contribution is 2.25. The van der Waals surface area contributed by atoms with Gasteiger partial charge in [-0.15, -0.1) is 0 Å². The number of aromatic nitrogens is 1. The Bertz CT molecular complexity index is 613. The van der Waals surface area contributed by atoms with Gasteiger partial charge in [0.15, 0.2) is 0 Å². The van der Waals surface area contributed by atoms with E-state index >= 15 is 0 Å². The molecule has 3 N–H and O–H groups in total. The predicted octanol–water partition coefficient (Wildman–Crippen LogP) is 2.78. The number of nitrogens with one attached hydrogen (secondary N) is 1. The average molecular weight is 273 g/mol. The van der Waals surface area contributed by atoms with Gasteiger partial charge in [-0.05, 0) is 36.8 Å². The van der Waals surface area contributed by atoms with Crippen LogP contribution in [0.25, 0.3) is 0 Å². The summed E-state index contributed by atoms with van der Waals surface area (Å²) in [6, 6.07) is 7.63. The molecule has 1 aromatic carbocycles. The number of aryl methyl sites for hydroxylation is 1. The maximum Gasteiger partial charge on any atom is 0.121 e. The second-order valence-corrected chi connectivity index (χ2v) is 4.53. The fraction of sp³-hybridized carbons (Fsp3) is 0.143. The lowest BCUT2D eigenvalue weighted by atomic mass is 10.1. The van der Waals surface area contributed by atoms with Gasteiger partial charge >= 0.3 is 0 Å². The van der Waals surface area contributed by atoms with Crippen LogP contribution in [0.1, 0.15) is 11.1 Å². The van der Waals surface area contributed by atoms with Gasteiger partial charge in [-0.1, -0.05) is 12.2 Å². The number of nitrogens with zero attached hydrogens (tertiary/aromatic N) is 1. The Kier molecular flexibility index (Phi) is 3.97. The van der Waals surface area contributed by atoms with E-state index in [1.807, 2.05) is 25.1 Å². The van der Waals surface area contributed by atoms with Gasteiger partial charge in [0, 0.05) is 17.4 Å². The second-order valence-electron chi connectivity index (χ2n) is 4.09. The van der Waals surface area contributed by atoms with E-state index in [4.69, 9.17) is 22.7 Å². The average Bonchev–Trinajstić information content (AvgIpc) is 2.39. The van der Waals surface area contributed by atoms with Crippen LogP contribution in [0.5, 0.6) is 5.75 Å². The number of benzene rings is 1. The molecule has 0 saturated carbocycles. The molecule has 0 amide bonds. The monoisotopic (exact) mass is 273 g/mol. The molecule has 0 aliphatic rings. The first-order valence-corrected chi connectivity index (χ1v) is 6.18. The number of hydrogen-bond acceptors (Lipinski definition) is 4. The van der Waals surface area contributed by atoms with Gasteiger partial charge in [0.2, 0.25) is 0 Å². The SMILES string of the molecule is COc1ccc(Nc2cnccc2C(N)=S)cc1C. The minimum atomic E-state index is 0.343. The van der Waals surface area contributed by atoms with Crippen molar-refractivity contribution in [2.24, 2.45) is 5.73 Å². The lowest BCUT2D eigenvalue weighted by Gasteiger charge is -2.12. The maximum absolute atomic E-state index is 5.69. The molecule has 98 valence electrons. The van der Waals surface area contributed by atoms with Crippen LogP contribution >= 0.6 is 12.2 Å². The summed E-state index contributed by atoms with van der Waals surface area (Å²) in [5, 5.41) is 3.26. The van der Waals surface area contributed by atoms with Crippen molar-refractivity contribution in [2.45, 2.75) is 6.92 Å². The zero-order valence-electron chi connectivity index (χ0n) is 10.8. The van der Waals surface area contributed by atoms with E-state index in [1.54, 1.807) is 25.6 Å². The number of thiocarbonyl (C=S) groups is 1. The van der Waals surface area contributed by atoms with Crippen molar-refractivity contribution in [3.8, 4) is 5.75 Å². The van der Waals surface area contributed by atoms with Gasteiger partial charge in [-0.25, -0.2) is 0 Å². The molecular formula is C14H15N3OS. The third-order valence-electron chi connectivity index (χ3n) is 2.76. The third kappa shape index (κ3) is 3.00. The first-order valence-electron chi connectivity index (χ1n) is 5.77. The minimum Gasteiger partial charge on any atom is -0.496 e. The van der Waals surface area contributed by atoms with Crippen molar-refractivity contribution in [1.82, 2.24) is 4.98 Å². The molecule has 0 saturated heterocycles. The Morgan fingerprint density at radius 1 is 1.37 bits per heavy atom. The molecule has 0 atom stereocenters. The first-order chi connectivity index (χ1) is 9.11. The highest BCUT2D eigenvalue weighted by Gasteiger charge is 2.06. The molecule has 19 heavy (non-hydrogen) atoms. The molecule has 2 rings (SSSR count). The van der Waals surface area contributed by atoms with Crippen molar-refractivity contribution >= 4 is 28.6 Å². The van der Waals surface area contributed by atoms with Crippen LogP contribution in [0.4, 0.5) is 11.4 Å². The molecule has 5 heteroatoms. The zero-order chi connectivity index (χ0) is 13.8. The highest BCUT2D eigenvalue weighted by molar-refractivity contribution is 7.80. The van der Waals surface area contributed by atoms with Crippen molar-refractivity contribution in [2.75, 3.05) is 12.4 Å². The zero-order valence-corrected chi connectivity index (χ0v) is 11.6. The van der Waals surface area contributed by atoms with Crippen molar-refractivity contribution in [3.05, 3.63) is 47.8 Å². The first kappa shape index (κ1) is 13.3. The number of nitrogens with two attached hydrogens (primary N) is 1. The van der Waals surface area contributed by atoms with E-state index in [0.29, 0.717) is 4.99 Å². The molecule has 4 nitrogen and oxygen atoms in total. The molecule has 1 heterocycles. The Labute approximate surface area is 117 Å². The molecule has 0 unspecified atom stereocenters. The van der Waals surface area contributed by atoms with E-state index in [2.05, 4.69) is 10.3 Å². The van der Waals surface area contributed by atoms with Gasteiger partial charge < -0.3 is 15.8 Å². The molecule has 0 aliphatic carbocycles. The molecule has 0 aliphatic heterocycles. The molecule has 0 bridgehead atoms. The number of pyridine rings is 1. The quantitative estimate of drug-likeness (QED) is 0.839. The Balaban J connectivity index is 2.31. The Morgan fingerprint density at radius 2 is 2.16 bits per heavy atom. The third-order valence-corrected chi connectivity index (χ3v) is 2.98. The van der Waals surface area contributed by atoms with Crippen LogP contribution in [-0.2, 0) is 0 Å². The van der Waals surface area contributed by atoms with E-state index in [0.717, 1.165) is 28.3 Å². The Morgan fingerprint density at radius 3 is 2.79 bits per heavy atom. The summed E-state index contributed by atoms with van der Waals surface area (Å²) < 4.78 is 5.23. The minimum absolute atomic E-state index is 0.343. The summed E-state index contributed by atoms with van der Waals surface area (Å²) in [4.78, 5) is 4.42. The molecule has 2 aromatic rings. The smallest absolute Gasteiger partial charge is 0.121 e. The number of methoxy groups -OCH3 is 1. The summed E-state index contributed by atoms with van der Waals surface area (Å²) in [5.74, 6) is 0.853. The van der Waals surface area contributed by atoms with E-state index in [9.17, 15) is 0 Å². The number of hydrogen-bond donors (Lipinski definition) is 2. The van der Waals surface area contributed by atoms with Crippen LogP contribution in [0.2, 0.25) is 0 Å². The number of rotatable bonds is 4. The topological polar surface area (TPSA) is 60.2 Å².